The average Bonchev–Trinajstić information content (AvgIpc) is 2.52. The Labute approximate surface area is 157 Å². The van der Waals surface area contributed by atoms with Gasteiger partial charge < -0.3 is 9.47 Å². The van der Waals surface area contributed by atoms with E-state index in [0.29, 0.717) is 17.7 Å². The molecule has 0 amide bonds. The molecule has 0 unspecified atom stereocenters. The summed E-state index contributed by atoms with van der Waals surface area (Å²) in [6.07, 6.45) is 0. The van der Waals surface area contributed by atoms with Crippen molar-refractivity contribution in [2.24, 2.45) is 0 Å². The minimum absolute atomic E-state index is 0.0158. The topological polar surface area (TPSA) is 35.5 Å². The highest BCUT2D eigenvalue weighted by Gasteiger charge is 2.21. The van der Waals surface area contributed by atoms with E-state index in [1.807, 2.05) is 58.0 Å². The fourth-order valence-electron chi connectivity index (χ4n) is 2.61. The van der Waals surface area contributed by atoms with Crippen LogP contribution in [0.1, 0.15) is 70.0 Å². The van der Waals surface area contributed by atoms with Crippen LogP contribution >= 0.6 is 0 Å². The second-order valence-electron chi connectivity index (χ2n) is 8.50. The summed E-state index contributed by atoms with van der Waals surface area (Å²) in [7, 11) is 0. The molecule has 0 aliphatic heterocycles. The third-order valence-electron chi connectivity index (χ3n) is 3.89. The first-order valence-electron chi connectivity index (χ1n) is 9.12. The van der Waals surface area contributed by atoms with Crippen molar-refractivity contribution in [2.45, 2.75) is 59.5 Å². The summed E-state index contributed by atoms with van der Waals surface area (Å²) in [4.78, 5) is 13.0. The Balaban J connectivity index is 2.42. The maximum absolute atomic E-state index is 13.0. The van der Waals surface area contributed by atoms with Crippen molar-refractivity contribution >= 4 is 5.78 Å². The first kappa shape index (κ1) is 20.0. The van der Waals surface area contributed by atoms with Crippen molar-refractivity contribution in [3.63, 3.8) is 0 Å². The first-order valence-corrected chi connectivity index (χ1v) is 9.12. The predicted octanol–water partition coefficient (Wildman–Crippen LogP) is 5.79. The molecule has 0 saturated heterocycles. The molecule has 0 N–H and O–H groups in total. The van der Waals surface area contributed by atoms with Crippen molar-refractivity contribution in [1.29, 1.82) is 0 Å². The molecular weight excluding hydrogens is 324 g/mol. The second kappa shape index (κ2) is 7.53. The lowest BCUT2D eigenvalue weighted by molar-refractivity contribution is 0.103. The van der Waals surface area contributed by atoms with E-state index in [1.165, 1.54) is 0 Å². The van der Waals surface area contributed by atoms with E-state index in [9.17, 15) is 4.79 Å². The lowest BCUT2D eigenvalue weighted by Gasteiger charge is -2.25. The maximum Gasteiger partial charge on any atom is 0.193 e. The first-order chi connectivity index (χ1) is 12.0. The van der Waals surface area contributed by atoms with Gasteiger partial charge >= 0.3 is 0 Å². The van der Waals surface area contributed by atoms with Gasteiger partial charge in [-0.1, -0.05) is 20.8 Å². The molecule has 0 heterocycles. The lowest BCUT2D eigenvalue weighted by atomic mass is 9.85. The van der Waals surface area contributed by atoms with Gasteiger partial charge in [0.15, 0.2) is 5.78 Å². The minimum atomic E-state index is -0.323. The van der Waals surface area contributed by atoms with Gasteiger partial charge in [0, 0.05) is 11.1 Å². The van der Waals surface area contributed by atoms with Crippen LogP contribution in [-0.4, -0.2) is 18.0 Å². The van der Waals surface area contributed by atoms with Crippen molar-refractivity contribution < 1.29 is 14.3 Å². The highest BCUT2D eigenvalue weighted by molar-refractivity contribution is 6.09. The van der Waals surface area contributed by atoms with Crippen LogP contribution < -0.4 is 9.47 Å². The summed E-state index contributed by atoms with van der Waals surface area (Å²) in [5, 5.41) is 0. The fraction of sp³-hybridized carbons (Fsp3) is 0.435. The van der Waals surface area contributed by atoms with Crippen LogP contribution in [-0.2, 0) is 5.41 Å². The zero-order chi connectivity index (χ0) is 19.5. The van der Waals surface area contributed by atoms with Crippen LogP contribution in [0.25, 0.3) is 0 Å². The number of ketones is 1. The molecule has 0 aliphatic carbocycles. The van der Waals surface area contributed by atoms with Gasteiger partial charge in [-0.2, -0.15) is 0 Å². The molecule has 0 atom stereocenters. The third-order valence-corrected chi connectivity index (χ3v) is 3.89. The molecule has 2 aromatic carbocycles. The standard InChI is InChI=1S/C23H30O3/c1-8-25-19-11-9-16(10-12-19)21(24)17-13-18(22(2,3)4)15-20(14-17)26-23(5,6)7/h9-15H,8H2,1-7H3. The number of carbonyl (C=O) groups is 1. The fourth-order valence-corrected chi connectivity index (χ4v) is 2.61. The normalized spacial score (nSPS) is 12.0. The number of ether oxygens (including phenoxy) is 2. The summed E-state index contributed by atoms with van der Waals surface area (Å²) in [5.74, 6) is 1.47. The molecule has 0 aliphatic rings. The molecule has 0 spiro atoms. The van der Waals surface area contributed by atoms with Gasteiger partial charge in [0.1, 0.15) is 17.1 Å². The van der Waals surface area contributed by atoms with Crippen LogP contribution in [0.5, 0.6) is 11.5 Å². The second-order valence-corrected chi connectivity index (χ2v) is 8.50. The van der Waals surface area contributed by atoms with Crippen molar-refractivity contribution in [1.82, 2.24) is 0 Å². The molecule has 0 fully saturated rings. The zero-order valence-electron chi connectivity index (χ0n) is 17.0. The van der Waals surface area contributed by atoms with Crippen molar-refractivity contribution in [3.8, 4) is 11.5 Å². The van der Waals surface area contributed by atoms with Gasteiger partial charge in [-0.3, -0.25) is 4.79 Å². The largest absolute Gasteiger partial charge is 0.494 e. The molecule has 0 aromatic heterocycles. The Bertz CT molecular complexity index is 760. The molecule has 3 nitrogen and oxygen atoms in total. The number of hydrogen-bond acceptors (Lipinski definition) is 3. The number of carbonyl (C=O) groups excluding carboxylic acids is 1. The molecule has 2 aromatic rings. The van der Waals surface area contributed by atoms with E-state index in [1.54, 1.807) is 12.1 Å². The molecule has 26 heavy (non-hydrogen) atoms. The molecule has 0 saturated carbocycles. The molecule has 140 valence electrons. The van der Waals surface area contributed by atoms with Gasteiger partial charge in [0.25, 0.3) is 0 Å². The average molecular weight is 354 g/mol. The van der Waals surface area contributed by atoms with E-state index in [2.05, 4.69) is 20.8 Å². The summed E-state index contributed by atoms with van der Waals surface area (Å²) < 4.78 is 11.5. The number of rotatable bonds is 5. The van der Waals surface area contributed by atoms with Crippen LogP contribution in [0.2, 0.25) is 0 Å². The van der Waals surface area contributed by atoms with Gasteiger partial charge in [0.2, 0.25) is 0 Å². The van der Waals surface area contributed by atoms with E-state index < -0.39 is 0 Å². The Morgan fingerprint density at radius 1 is 0.846 bits per heavy atom. The van der Waals surface area contributed by atoms with Gasteiger partial charge in [-0.15, -0.1) is 0 Å². The summed E-state index contributed by atoms with van der Waals surface area (Å²) >= 11 is 0. The Morgan fingerprint density at radius 2 is 1.46 bits per heavy atom. The Morgan fingerprint density at radius 3 is 1.96 bits per heavy atom. The van der Waals surface area contributed by atoms with E-state index >= 15 is 0 Å². The summed E-state index contributed by atoms with van der Waals surface area (Å²) in [6.45, 7) is 15.0. The highest BCUT2D eigenvalue weighted by atomic mass is 16.5. The molecular formula is C23H30O3. The molecule has 0 radical (unpaired) electrons. The Kier molecular flexibility index (Phi) is 5.80. The van der Waals surface area contributed by atoms with E-state index in [4.69, 9.17) is 9.47 Å². The quantitative estimate of drug-likeness (QED) is 0.637. The monoisotopic (exact) mass is 354 g/mol. The van der Waals surface area contributed by atoms with Gasteiger partial charge in [0.05, 0.1) is 6.61 Å². The van der Waals surface area contributed by atoms with Gasteiger partial charge in [-0.05, 0) is 81.1 Å². The zero-order valence-corrected chi connectivity index (χ0v) is 17.0. The predicted molar refractivity (Wildman–Crippen MR) is 107 cm³/mol. The maximum atomic E-state index is 13.0. The summed E-state index contributed by atoms with van der Waals surface area (Å²) in [6, 6.07) is 13.1. The van der Waals surface area contributed by atoms with Crippen LogP contribution in [0, 0.1) is 0 Å². The smallest absolute Gasteiger partial charge is 0.193 e. The Hall–Kier alpha value is -2.29. The highest BCUT2D eigenvalue weighted by Crippen LogP contribution is 2.30. The van der Waals surface area contributed by atoms with E-state index in [-0.39, 0.29) is 16.8 Å². The number of hydrogen-bond donors (Lipinski definition) is 0. The number of benzene rings is 2. The van der Waals surface area contributed by atoms with Gasteiger partial charge in [-0.25, -0.2) is 0 Å². The third kappa shape index (κ3) is 5.35. The lowest BCUT2D eigenvalue weighted by Crippen LogP contribution is -2.23. The summed E-state index contributed by atoms with van der Waals surface area (Å²) in [5.41, 5.74) is 1.96. The molecule has 0 bridgehead atoms. The van der Waals surface area contributed by atoms with Crippen molar-refractivity contribution in [3.05, 3.63) is 59.2 Å². The minimum Gasteiger partial charge on any atom is -0.494 e. The van der Waals surface area contributed by atoms with Crippen molar-refractivity contribution in [2.75, 3.05) is 6.61 Å². The molecule has 3 heteroatoms. The van der Waals surface area contributed by atoms with Crippen LogP contribution in [0.15, 0.2) is 42.5 Å². The SMILES string of the molecule is CCOc1ccc(C(=O)c2cc(OC(C)(C)C)cc(C(C)(C)C)c2)cc1. The molecule has 2 rings (SSSR count). The van der Waals surface area contributed by atoms with E-state index in [0.717, 1.165) is 17.1 Å². The van der Waals surface area contributed by atoms with Crippen LogP contribution in [0.3, 0.4) is 0 Å². The van der Waals surface area contributed by atoms with Crippen LogP contribution in [0.4, 0.5) is 0 Å².